The molecule has 0 saturated carbocycles. The lowest BCUT2D eigenvalue weighted by molar-refractivity contribution is -0.121. The van der Waals surface area contributed by atoms with E-state index in [4.69, 9.17) is 11.6 Å². The molecule has 1 aliphatic heterocycles. The Hall–Kier alpha value is -2.17. The second kappa shape index (κ2) is 6.30. The van der Waals surface area contributed by atoms with E-state index in [1.807, 2.05) is 24.3 Å². The standard InChI is InChI=1S/C17H15ClN2O2/c18-14-9-5-4-6-12(14)11-19-15-10-16(21)20(17(15)22)13-7-2-1-3-8-13/h1-9,15,19H,10-11H2. The monoisotopic (exact) mass is 314 g/mol. The minimum atomic E-state index is -0.510. The fourth-order valence-electron chi connectivity index (χ4n) is 2.51. The Balaban J connectivity index is 1.71. The van der Waals surface area contributed by atoms with Crippen molar-refractivity contribution in [3.05, 3.63) is 65.2 Å². The quantitative estimate of drug-likeness (QED) is 0.883. The number of para-hydroxylation sites is 1. The Labute approximate surface area is 133 Å². The molecule has 2 amide bonds. The number of carbonyl (C=O) groups is 2. The number of benzene rings is 2. The molecule has 1 saturated heterocycles. The average Bonchev–Trinajstić information content (AvgIpc) is 2.81. The summed E-state index contributed by atoms with van der Waals surface area (Å²) >= 11 is 6.10. The molecule has 5 heteroatoms. The van der Waals surface area contributed by atoms with Crippen LogP contribution in [-0.4, -0.2) is 17.9 Å². The van der Waals surface area contributed by atoms with Crippen LogP contribution in [0.3, 0.4) is 0 Å². The van der Waals surface area contributed by atoms with Gasteiger partial charge >= 0.3 is 0 Å². The lowest BCUT2D eigenvalue weighted by Crippen LogP contribution is -2.38. The summed E-state index contributed by atoms with van der Waals surface area (Å²) in [4.78, 5) is 25.8. The predicted molar refractivity (Wildman–Crippen MR) is 85.6 cm³/mol. The smallest absolute Gasteiger partial charge is 0.251 e. The molecule has 112 valence electrons. The van der Waals surface area contributed by atoms with Crippen LogP contribution in [0.1, 0.15) is 12.0 Å². The Morgan fingerprint density at radius 3 is 2.45 bits per heavy atom. The highest BCUT2D eigenvalue weighted by atomic mass is 35.5. The molecule has 1 atom stereocenters. The second-order valence-corrected chi connectivity index (χ2v) is 5.54. The van der Waals surface area contributed by atoms with Crippen LogP contribution in [0.25, 0.3) is 0 Å². The third-order valence-corrected chi connectivity index (χ3v) is 4.03. The molecule has 1 heterocycles. The van der Waals surface area contributed by atoms with Gasteiger partial charge in [0, 0.05) is 11.6 Å². The van der Waals surface area contributed by atoms with E-state index < -0.39 is 6.04 Å². The van der Waals surface area contributed by atoms with Crippen molar-refractivity contribution in [3.63, 3.8) is 0 Å². The Bertz CT molecular complexity index is 703. The average molecular weight is 315 g/mol. The van der Waals surface area contributed by atoms with Crippen LogP contribution >= 0.6 is 11.6 Å². The van der Waals surface area contributed by atoms with Crippen molar-refractivity contribution >= 4 is 29.1 Å². The van der Waals surface area contributed by atoms with Gasteiger partial charge in [0.25, 0.3) is 5.91 Å². The Kier molecular flexibility index (Phi) is 4.22. The van der Waals surface area contributed by atoms with Crippen LogP contribution in [0.4, 0.5) is 5.69 Å². The molecule has 0 aromatic heterocycles. The van der Waals surface area contributed by atoms with Gasteiger partial charge in [-0.3, -0.25) is 9.59 Å². The summed E-state index contributed by atoms with van der Waals surface area (Å²) in [5.41, 5.74) is 1.52. The van der Waals surface area contributed by atoms with Crippen LogP contribution in [0, 0.1) is 0 Å². The predicted octanol–water partition coefficient (Wildman–Crippen LogP) is 2.76. The molecule has 1 unspecified atom stereocenters. The maximum absolute atomic E-state index is 12.4. The van der Waals surface area contributed by atoms with Crippen LogP contribution in [-0.2, 0) is 16.1 Å². The number of carbonyl (C=O) groups excluding carboxylic acids is 2. The van der Waals surface area contributed by atoms with Crippen LogP contribution < -0.4 is 10.2 Å². The van der Waals surface area contributed by atoms with Crippen LogP contribution in [0.15, 0.2) is 54.6 Å². The highest BCUT2D eigenvalue weighted by Crippen LogP contribution is 2.23. The van der Waals surface area contributed by atoms with E-state index in [1.165, 1.54) is 4.90 Å². The highest BCUT2D eigenvalue weighted by molar-refractivity contribution is 6.31. The van der Waals surface area contributed by atoms with Crippen LogP contribution in [0.2, 0.25) is 5.02 Å². The molecule has 0 radical (unpaired) electrons. The number of rotatable bonds is 4. The fourth-order valence-corrected chi connectivity index (χ4v) is 2.72. The number of anilines is 1. The van der Waals surface area contributed by atoms with Crippen molar-refractivity contribution in [2.45, 2.75) is 19.0 Å². The van der Waals surface area contributed by atoms with Crippen LogP contribution in [0.5, 0.6) is 0 Å². The number of imide groups is 1. The molecule has 0 spiro atoms. The number of amides is 2. The summed E-state index contributed by atoms with van der Waals surface area (Å²) in [5, 5.41) is 3.77. The fraction of sp³-hybridized carbons (Fsp3) is 0.176. The topological polar surface area (TPSA) is 49.4 Å². The first kappa shape index (κ1) is 14.8. The lowest BCUT2D eigenvalue weighted by atomic mass is 10.2. The summed E-state index contributed by atoms with van der Waals surface area (Å²) in [6, 6.07) is 15.9. The molecule has 0 aliphatic carbocycles. The van der Waals surface area contributed by atoms with Crippen molar-refractivity contribution in [2.24, 2.45) is 0 Å². The molecular weight excluding hydrogens is 300 g/mol. The van der Waals surface area contributed by atoms with Gasteiger partial charge in [0.2, 0.25) is 5.91 Å². The first-order valence-corrected chi connectivity index (χ1v) is 7.43. The van der Waals surface area contributed by atoms with E-state index in [1.54, 1.807) is 30.3 Å². The Morgan fingerprint density at radius 2 is 1.73 bits per heavy atom. The first-order chi connectivity index (χ1) is 10.7. The lowest BCUT2D eigenvalue weighted by Gasteiger charge is -2.15. The van der Waals surface area contributed by atoms with Gasteiger partial charge in [-0.25, -0.2) is 4.90 Å². The largest absolute Gasteiger partial charge is 0.301 e. The number of hydrogen-bond acceptors (Lipinski definition) is 3. The van der Waals surface area contributed by atoms with Gasteiger partial charge in [-0.05, 0) is 23.8 Å². The summed E-state index contributed by atoms with van der Waals surface area (Å²) in [5.74, 6) is -0.406. The van der Waals surface area contributed by atoms with Gasteiger partial charge in [0.15, 0.2) is 0 Å². The Morgan fingerprint density at radius 1 is 1.05 bits per heavy atom. The third-order valence-electron chi connectivity index (χ3n) is 3.66. The molecular formula is C17H15ClN2O2. The molecule has 1 N–H and O–H groups in total. The van der Waals surface area contributed by atoms with Gasteiger partial charge in [-0.1, -0.05) is 48.0 Å². The van der Waals surface area contributed by atoms with Gasteiger partial charge < -0.3 is 5.32 Å². The number of nitrogens with one attached hydrogen (secondary N) is 1. The summed E-state index contributed by atoms with van der Waals surface area (Å²) < 4.78 is 0. The SMILES string of the molecule is O=C1CC(NCc2ccccc2Cl)C(=O)N1c1ccccc1. The molecule has 3 rings (SSSR count). The zero-order chi connectivity index (χ0) is 15.5. The first-order valence-electron chi connectivity index (χ1n) is 7.05. The molecule has 2 aromatic carbocycles. The van der Waals surface area contributed by atoms with Crippen molar-refractivity contribution in [1.29, 1.82) is 0 Å². The van der Waals surface area contributed by atoms with Crippen molar-refractivity contribution < 1.29 is 9.59 Å². The van der Waals surface area contributed by atoms with E-state index in [-0.39, 0.29) is 18.2 Å². The minimum absolute atomic E-state index is 0.165. The van der Waals surface area contributed by atoms with E-state index in [0.717, 1.165) is 5.56 Å². The normalized spacial score (nSPS) is 18.0. The number of hydrogen-bond donors (Lipinski definition) is 1. The molecule has 1 aliphatic rings. The van der Waals surface area contributed by atoms with Crippen molar-refractivity contribution in [1.82, 2.24) is 5.32 Å². The molecule has 1 fully saturated rings. The van der Waals surface area contributed by atoms with Gasteiger partial charge in [-0.2, -0.15) is 0 Å². The van der Waals surface area contributed by atoms with Gasteiger partial charge in [0.1, 0.15) is 0 Å². The maximum Gasteiger partial charge on any atom is 0.251 e. The van der Waals surface area contributed by atoms with Gasteiger partial charge in [-0.15, -0.1) is 0 Å². The third kappa shape index (κ3) is 2.89. The van der Waals surface area contributed by atoms with Crippen molar-refractivity contribution in [3.8, 4) is 0 Å². The minimum Gasteiger partial charge on any atom is -0.301 e. The van der Waals surface area contributed by atoms with Gasteiger partial charge in [0.05, 0.1) is 18.2 Å². The molecule has 0 bridgehead atoms. The summed E-state index contributed by atoms with van der Waals surface area (Å²) in [6.07, 6.45) is 0.165. The van der Waals surface area contributed by atoms with E-state index in [0.29, 0.717) is 17.3 Å². The number of nitrogens with zero attached hydrogens (tertiary/aromatic N) is 1. The highest BCUT2D eigenvalue weighted by Gasteiger charge is 2.39. The zero-order valence-electron chi connectivity index (χ0n) is 11.8. The van der Waals surface area contributed by atoms with E-state index in [2.05, 4.69) is 5.32 Å². The molecule has 4 nitrogen and oxygen atoms in total. The van der Waals surface area contributed by atoms with E-state index in [9.17, 15) is 9.59 Å². The van der Waals surface area contributed by atoms with E-state index >= 15 is 0 Å². The molecule has 2 aromatic rings. The second-order valence-electron chi connectivity index (χ2n) is 5.13. The maximum atomic E-state index is 12.4. The number of halogens is 1. The zero-order valence-corrected chi connectivity index (χ0v) is 12.6. The summed E-state index contributed by atoms with van der Waals surface area (Å²) in [7, 11) is 0. The molecule has 22 heavy (non-hydrogen) atoms. The van der Waals surface area contributed by atoms with Crippen molar-refractivity contribution in [2.75, 3.05) is 4.90 Å². The summed E-state index contributed by atoms with van der Waals surface area (Å²) in [6.45, 7) is 0.450.